The smallest absolute Gasteiger partial charge is 0.344 e. The van der Waals surface area contributed by atoms with Gasteiger partial charge in [0.1, 0.15) is 17.4 Å². The maximum Gasteiger partial charge on any atom is 0.344 e. The Morgan fingerprint density at radius 1 is 1.02 bits per heavy atom. The largest absolute Gasteiger partial charge is 0.480 e. The molecule has 1 N–H and O–H groups in total. The molecule has 0 saturated heterocycles. The van der Waals surface area contributed by atoms with Gasteiger partial charge in [-0.15, -0.1) is 11.3 Å². The standard InChI is InChI=1S/C34H36ClN3O9S2/c1-5-45-32(39)20-47-28-15-8-22(7-6-16-49(43,44)25-12-10-24(35)11-13-25)17-26(28)36-33(40)23-9-14-27(38(41)42)29(18-23)46-19-31-37-30(21-48-31)34(2,3)4/h8-15,17-18,21H,5-7,16,19-20H2,1-4H3,(H,36,40). The fourth-order valence-corrected chi connectivity index (χ4v) is 6.87. The number of aromatic nitrogens is 1. The number of thiazole rings is 1. The van der Waals surface area contributed by atoms with Crippen LogP contribution in [-0.2, 0) is 37.8 Å². The Labute approximate surface area is 293 Å². The minimum Gasteiger partial charge on any atom is -0.480 e. The first-order valence-corrected chi connectivity index (χ1v) is 18.1. The van der Waals surface area contributed by atoms with Gasteiger partial charge in [-0.3, -0.25) is 14.9 Å². The van der Waals surface area contributed by atoms with Crippen LogP contribution in [0.4, 0.5) is 11.4 Å². The second-order valence-electron chi connectivity index (χ2n) is 11.9. The number of benzene rings is 3. The van der Waals surface area contributed by atoms with Gasteiger partial charge in [-0.2, -0.15) is 0 Å². The minimum atomic E-state index is -3.55. The molecule has 0 aliphatic carbocycles. The third kappa shape index (κ3) is 10.5. The molecule has 0 radical (unpaired) electrons. The average molecular weight is 730 g/mol. The van der Waals surface area contributed by atoms with Gasteiger partial charge in [0.2, 0.25) is 0 Å². The summed E-state index contributed by atoms with van der Waals surface area (Å²) in [4.78, 5) is 41.3. The van der Waals surface area contributed by atoms with Crippen molar-refractivity contribution in [1.82, 2.24) is 4.98 Å². The molecule has 0 atom stereocenters. The molecule has 0 spiro atoms. The number of nitro groups is 1. The number of esters is 1. The van der Waals surface area contributed by atoms with Gasteiger partial charge in [-0.25, -0.2) is 18.2 Å². The van der Waals surface area contributed by atoms with Crippen LogP contribution in [0, 0.1) is 10.1 Å². The highest BCUT2D eigenvalue weighted by Crippen LogP contribution is 2.32. The summed E-state index contributed by atoms with van der Waals surface area (Å²) in [7, 11) is -3.55. The van der Waals surface area contributed by atoms with Gasteiger partial charge in [0.05, 0.1) is 33.6 Å². The lowest BCUT2D eigenvalue weighted by Crippen LogP contribution is -2.17. The molecule has 0 bridgehead atoms. The molecule has 0 unspecified atom stereocenters. The van der Waals surface area contributed by atoms with Crippen LogP contribution in [0.1, 0.15) is 60.7 Å². The molecule has 4 aromatic rings. The maximum atomic E-state index is 13.5. The number of halogens is 1. The van der Waals surface area contributed by atoms with Crippen LogP contribution in [0.3, 0.4) is 0 Å². The molecule has 1 aromatic heterocycles. The number of rotatable bonds is 15. The van der Waals surface area contributed by atoms with Gasteiger partial charge in [-0.05, 0) is 67.8 Å². The number of anilines is 1. The lowest BCUT2D eigenvalue weighted by atomic mass is 9.93. The Balaban J connectivity index is 1.53. The maximum absolute atomic E-state index is 13.5. The van der Waals surface area contributed by atoms with Gasteiger partial charge in [0.25, 0.3) is 5.91 Å². The summed E-state index contributed by atoms with van der Waals surface area (Å²) in [5, 5.41) is 17.5. The number of sulfone groups is 1. The van der Waals surface area contributed by atoms with E-state index in [1.54, 1.807) is 25.1 Å². The molecule has 3 aromatic carbocycles. The monoisotopic (exact) mass is 729 g/mol. The zero-order chi connectivity index (χ0) is 35.8. The van der Waals surface area contributed by atoms with Crippen LogP contribution in [0.15, 0.2) is 70.9 Å². The second kappa shape index (κ2) is 16.2. The van der Waals surface area contributed by atoms with Crippen molar-refractivity contribution in [1.29, 1.82) is 0 Å². The van der Waals surface area contributed by atoms with E-state index in [0.29, 0.717) is 22.0 Å². The third-order valence-electron chi connectivity index (χ3n) is 7.08. The van der Waals surface area contributed by atoms with E-state index < -0.39 is 33.2 Å². The number of aryl methyl sites for hydroxylation is 1. The van der Waals surface area contributed by atoms with E-state index in [9.17, 15) is 28.1 Å². The van der Waals surface area contributed by atoms with Crippen LogP contribution >= 0.6 is 22.9 Å². The van der Waals surface area contributed by atoms with Crippen LogP contribution in [0.2, 0.25) is 5.02 Å². The predicted octanol–water partition coefficient (Wildman–Crippen LogP) is 7.18. The highest BCUT2D eigenvalue weighted by atomic mass is 35.5. The molecule has 12 nitrogen and oxygen atoms in total. The topological polar surface area (TPSA) is 164 Å². The van der Waals surface area contributed by atoms with Crippen LogP contribution in [0.5, 0.6) is 11.5 Å². The van der Waals surface area contributed by atoms with E-state index in [4.69, 9.17) is 25.8 Å². The van der Waals surface area contributed by atoms with Crippen molar-refractivity contribution in [2.75, 3.05) is 24.3 Å². The molecule has 49 heavy (non-hydrogen) atoms. The van der Waals surface area contributed by atoms with Crippen molar-refractivity contribution in [3.63, 3.8) is 0 Å². The Morgan fingerprint density at radius 2 is 1.76 bits per heavy atom. The molecule has 0 aliphatic rings. The fourth-order valence-electron chi connectivity index (χ4n) is 4.50. The van der Waals surface area contributed by atoms with Gasteiger partial charge in [0, 0.05) is 33.5 Å². The van der Waals surface area contributed by atoms with Crippen LogP contribution in [0.25, 0.3) is 0 Å². The number of nitrogens with zero attached hydrogens (tertiary/aromatic N) is 2. The van der Waals surface area contributed by atoms with Crippen LogP contribution in [-0.4, -0.2) is 49.2 Å². The number of ether oxygens (including phenoxy) is 3. The van der Waals surface area contributed by atoms with Gasteiger partial charge >= 0.3 is 11.7 Å². The van der Waals surface area contributed by atoms with E-state index in [-0.39, 0.29) is 64.1 Å². The molecular formula is C34H36ClN3O9S2. The Hall–Kier alpha value is -4.53. The van der Waals surface area contributed by atoms with Crippen molar-refractivity contribution in [3.05, 3.63) is 103 Å². The molecule has 0 aliphatic heterocycles. The lowest BCUT2D eigenvalue weighted by molar-refractivity contribution is -0.385. The van der Waals surface area contributed by atoms with E-state index in [1.807, 2.05) is 26.2 Å². The van der Waals surface area contributed by atoms with Gasteiger partial charge < -0.3 is 19.5 Å². The number of nitro benzene ring substituents is 1. The first kappa shape index (κ1) is 37.3. The summed E-state index contributed by atoms with van der Waals surface area (Å²) >= 11 is 7.26. The summed E-state index contributed by atoms with van der Waals surface area (Å²) < 4.78 is 42.0. The summed E-state index contributed by atoms with van der Waals surface area (Å²) in [5.74, 6) is -1.31. The normalized spacial score (nSPS) is 11.5. The SMILES string of the molecule is CCOC(=O)COc1ccc(CCCS(=O)(=O)c2ccc(Cl)cc2)cc1NC(=O)c1ccc([N+](=O)[O-])c(OCc2nc(C(C)(C)C)cs2)c1. The lowest BCUT2D eigenvalue weighted by Gasteiger charge is -2.15. The number of carbonyl (C=O) groups is 2. The summed E-state index contributed by atoms with van der Waals surface area (Å²) in [6, 6.07) is 14.6. The zero-order valence-corrected chi connectivity index (χ0v) is 29.7. The Kier molecular flexibility index (Phi) is 12.4. The van der Waals surface area contributed by atoms with Crippen molar-refractivity contribution in [2.45, 2.75) is 57.5 Å². The predicted molar refractivity (Wildman–Crippen MR) is 187 cm³/mol. The molecule has 4 rings (SSSR count). The zero-order valence-electron chi connectivity index (χ0n) is 27.4. The molecule has 15 heteroatoms. The fraction of sp³-hybridized carbons (Fsp3) is 0.324. The molecule has 1 heterocycles. The number of nitrogens with one attached hydrogen (secondary N) is 1. The van der Waals surface area contributed by atoms with Gasteiger partial charge in [-0.1, -0.05) is 38.4 Å². The number of carbonyl (C=O) groups excluding carboxylic acids is 2. The molecule has 0 saturated carbocycles. The van der Waals surface area contributed by atoms with E-state index in [1.165, 1.54) is 53.8 Å². The van der Waals surface area contributed by atoms with E-state index in [2.05, 4.69) is 10.3 Å². The quantitative estimate of drug-likeness (QED) is 0.0753. The second-order valence-corrected chi connectivity index (χ2v) is 15.3. The van der Waals surface area contributed by atoms with Crippen molar-refractivity contribution >= 4 is 56.0 Å². The van der Waals surface area contributed by atoms with E-state index in [0.717, 1.165) is 5.69 Å². The summed E-state index contributed by atoms with van der Waals surface area (Å²) in [6.45, 7) is 7.44. The molecule has 260 valence electrons. The first-order chi connectivity index (χ1) is 23.2. The van der Waals surface area contributed by atoms with Crippen molar-refractivity contribution < 1.29 is 37.1 Å². The summed E-state index contributed by atoms with van der Waals surface area (Å²) in [6.07, 6.45) is 0.623. The molecule has 1 amide bonds. The highest BCUT2D eigenvalue weighted by molar-refractivity contribution is 7.91. The molecular weight excluding hydrogens is 694 g/mol. The molecule has 0 fully saturated rings. The highest BCUT2D eigenvalue weighted by Gasteiger charge is 2.22. The van der Waals surface area contributed by atoms with Crippen LogP contribution < -0.4 is 14.8 Å². The summed E-state index contributed by atoms with van der Waals surface area (Å²) in [5.41, 5.74) is 1.32. The minimum absolute atomic E-state index is 0.0334. The third-order valence-corrected chi connectivity index (χ3v) is 9.98. The van der Waals surface area contributed by atoms with Crippen molar-refractivity contribution in [3.8, 4) is 11.5 Å². The first-order valence-electron chi connectivity index (χ1n) is 15.2. The average Bonchev–Trinajstić information content (AvgIpc) is 3.53. The number of amides is 1. The Morgan fingerprint density at radius 3 is 2.41 bits per heavy atom. The van der Waals surface area contributed by atoms with Crippen molar-refractivity contribution in [2.24, 2.45) is 0 Å². The number of hydrogen-bond acceptors (Lipinski definition) is 11. The van der Waals surface area contributed by atoms with E-state index >= 15 is 0 Å². The van der Waals surface area contributed by atoms with Gasteiger partial charge in [0.15, 0.2) is 22.2 Å². The number of hydrogen-bond donors (Lipinski definition) is 1. The Bertz CT molecular complexity index is 1920.